The van der Waals surface area contributed by atoms with Gasteiger partial charge in [-0.3, -0.25) is 9.69 Å². The molecule has 0 aromatic carbocycles. The second kappa shape index (κ2) is 7.87. The van der Waals surface area contributed by atoms with E-state index in [0.29, 0.717) is 17.8 Å². The zero-order valence-corrected chi connectivity index (χ0v) is 14.9. The summed E-state index contributed by atoms with van der Waals surface area (Å²) >= 11 is 0. The Morgan fingerprint density at radius 1 is 1.33 bits per heavy atom. The number of H-pyrrole nitrogens is 1. The van der Waals surface area contributed by atoms with Gasteiger partial charge in [0.2, 0.25) is 0 Å². The minimum absolute atomic E-state index is 0. The van der Waals surface area contributed by atoms with E-state index in [4.69, 9.17) is 4.52 Å². The molecule has 1 aliphatic rings. The molecular formula is C15H23ClN6O2. The number of nitrogens with one attached hydrogen (secondary N) is 2. The first kappa shape index (κ1) is 18.6. The van der Waals surface area contributed by atoms with E-state index in [9.17, 15) is 4.79 Å². The molecule has 1 unspecified atom stereocenters. The first-order chi connectivity index (χ1) is 11.2. The summed E-state index contributed by atoms with van der Waals surface area (Å²) in [6.45, 7) is 6.63. The van der Waals surface area contributed by atoms with Crippen molar-refractivity contribution < 1.29 is 4.52 Å². The van der Waals surface area contributed by atoms with Gasteiger partial charge < -0.3 is 9.84 Å². The lowest BCUT2D eigenvalue weighted by Gasteiger charge is -2.30. The fraction of sp³-hybridized carbons (Fsp3) is 0.600. The highest BCUT2D eigenvalue weighted by molar-refractivity contribution is 5.85. The topological polar surface area (TPSA) is 99.9 Å². The van der Waals surface area contributed by atoms with Gasteiger partial charge in [-0.15, -0.1) is 12.4 Å². The molecular weight excluding hydrogens is 332 g/mol. The maximum Gasteiger partial charge on any atom is 0.277 e. The van der Waals surface area contributed by atoms with Gasteiger partial charge in [-0.05, 0) is 25.5 Å². The van der Waals surface area contributed by atoms with Crippen LogP contribution >= 0.6 is 12.4 Å². The van der Waals surface area contributed by atoms with Crippen LogP contribution in [0.3, 0.4) is 0 Å². The van der Waals surface area contributed by atoms with Gasteiger partial charge in [0.1, 0.15) is 5.56 Å². The van der Waals surface area contributed by atoms with E-state index in [1.165, 1.54) is 0 Å². The Balaban J connectivity index is 0.00000208. The highest BCUT2D eigenvalue weighted by Crippen LogP contribution is 2.24. The van der Waals surface area contributed by atoms with Gasteiger partial charge in [-0.2, -0.15) is 10.1 Å². The van der Waals surface area contributed by atoms with E-state index < -0.39 is 0 Å². The first-order valence-corrected chi connectivity index (χ1v) is 8.01. The average molecular weight is 355 g/mol. The van der Waals surface area contributed by atoms with Crippen molar-refractivity contribution in [1.82, 2.24) is 30.6 Å². The third-order valence-corrected chi connectivity index (χ3v) is 4.32. The second-order valence-corrected chi connectivity index (χ2v) is 5.72. The van der Waals surface area contributed by atoms with Crippen molar-refractivity contribution in [2.24, 2.45) is 0 Å². The molecule has 132 valence electrons. The van der Waals surface area contributed by atoms with Crippen molar-refractivity contribution in [2.45, 2.75) is 32.7 Å². The van der Waals surface area contributed by atoms with Crippen LogP contribution in [0.15, 0.2) is 9.32 Å². The smallest absolute Gasteiger partial charge is 0.277 e. The molecule has 1 atom stereocenters. The normalized spacial score (nSPS) is 18.4. The fourth-order valence-corrected chi connectivity index (χ4v) is 2.99. The third kappa shape index (κ3) is 3.35. The van der Waals surface area contributed by atoms with Crippen LogP contribution in [0.1, 0.15) is 37.0 Å². The molecule has 3 heterocycles. The Labute approximate surface area is 146 Å². The summed E-state index contributed by atoms with van der Waals surface area (Å²) in [7, 11) is 2.04. The minimum Gasteiger partial charge on any atom is -0.334 e. The molecule has 1 aliphatic heterocycles. The van der Waals surface area contributed by atoms with Gasteiger partial charge in [0.05, 0.1) is 11.7 Å². The van der Waals surface area contributed by atoms with Crippen molar-refractivity contribution in [3.05, 3.63) is 27.4 Å². The summed E-state index contributed by atoms with van der Waals surface area (Å²) in [5, 5.41) is 14.1. The van der Waals surface area contributed by atoms with E-state index in [0.717, 1.165) is 37.3 Å². The molecule has 0 amide bonds. The zero-order valence-electron chi connectivity index (χ0n) is 14.1. The summed E-state index contributed by atoms with van der Waals surface area (Å²) in [5.41, 5.74) is 1.90. The number of hydrogen-bond donors (Lipinski definition) is 2. The van der Waals surface area contributed by atoms with Crippen LogP contribution in [0, 0.1) is 0 Å². The lowest BCUT2D eigenvalue weighted by Crippen LogP contribution is -2.44. The van der Waals surface area contributed by atoms with Gasteiger partial charge in [0.15, 0.2) is 5.82 Å². The Morgan fingerprint density at radius 2 is 2.12 bits per heavy atom. The quantitative estimate of drug-likeness (QED) is 0.842. The number of rotatable bonds is 4. The van der Waals surface area contributed by atoms with Crippen molar-refractivity contribution >= 4 is 12.4 Å². The monoisotopic (exact) mass is 354 g/mol. The van der Waals surface area contributed by atoms with Gasteiger partial charge >= 0.3 is 0 Å². The highest BCUT2D eigenvalue weighted by atomic mass is 35.5. The van der Waals surface area contributed by atoms with Crippen LogP contribution in [0.4, 0.5) is 0 Å². The molecule has 0 radical (unpaired) electrons. The lowest BCUT2D eigenvalue weighted by molar-refractivity contribution is 0.190. The summed E-state index contributed by atoms with van der Waals surface area (Å²) in [5.74, 6) is 0.875. The maximum atomic E-state index is 12.2. The molecule has 2 aromatic heterocycles. The Bertz CT molecular complexity index is 744. The Hall–Kier alpha value is -1.77. The summed E-state index contributed by atoms with van der Waals surface area (Å²) in [6.07, 6.45) is 1.43. The van der Waals surface area contributed by atoms with E-state index >= 15 is 0 Å². The van der Waals surface area contributed by atoms with E-state index in [1.54, 1.807) is 0 Å². The molecule has 0 aliphatic carbocycles. The zero-order chi connectivity index (χ0) is 16.4. The lowest BCUT2D eigenvalue weighted by atomic mass is 10.0. The molecule has 0 saturated carbocycles. The Kier molecular flexibility index (Phi) is 6.09. The van der Waals surface area contributed by atoms with E-state index in [1.807, 2.05) is 20.9 Å². The van der Waals surface area contributed by atoms with Crippen molar-refractivity contribution in [3.63, 3.8) is 0 Å². The average Bonchev–Trinajstić information content (AvgIpc) is 3.04. The number of aromatic nitrogens is 4. The van der Waals surface area contributed by atoms with Gasteiger partial charge in [0.25, 0.3) is 11.4 Å². The molecule has 8 nitrogen and oxygen atoms in total. The molecule has 3 rings (SSSR count). The standard InChI is InChI=1S/C15H22N6O2.ClH/c1-4-9-10(5-2)18-19-14(22)12(9)15-17-13(20-23-15)11-8-16-6-7-21(11)3;/h11,16H,4-8H2,1-3H3,(H,19,22);1H. The first-order valence-electron chi connectivity index (χ1n) is 8.01. The maximum absolute atomic E-state index is 12.2. The molecule has 2 aromatic rings. The minimum atomic E-state index is -0.288. The largest absolute Gasteiger partial charge is 0.334 e. The van der Waals surface area contributed by atoms with E-state index in [2.05, 4.69) is 30.6 Å². The van der Waals surface area contributed by atoms with Crippen molar-refractivity contribution in [1.29, 1.82) is 0 Å². The van der Waals surface area contributed by atoms with Crippen molar-refractivity contribution in [2.75, 3.05) is 26.7 Å². The number of likely N-dealkylation sites (N-methyl/N-ethyl adjacent to an activating group) is 1. The fourth-order valence-electron chi connectivity index (χ4n) is 2.99. The van der Waals surface area contributed by atoms with Crippen LogP contribution in [0.2, 0.25) is 0 Å². The second-order valence-electron chi connectivity index (χ2n) is 5.72. The van der Waals surface area contributed by atoms with Gasteiger partial charge in [0, 0.05) is 19.6 Å². The van der Waals surface area contributed by atoms with Crippen LogP contribution < -0.4 is 10.9 Å². The highest BCUT2D eigenvalue weighted by Gasteiger charge is 2.27. The Morgan fingerprint density at radius 3 is 2.79 bits per heavy atom. The SMILES string of the molecule is CCc1n[nH]c(=O)c(-c2nc(C3CNCCN3C)no2)c1CC.Cl. The predicted molar refractivity (Wildman–Crippen MR) is 92.4 cm³/mol. The third-order valence-electron chi connectivity index (χ3n) is 4.32. The number of piperazine rings is 1. The summed E-state index contributed by atoms with van der Waals surface area (Å²) < 4.78 is 5.41. The van der Waals surface area contributed by atoms with Gasteiger partial charge in [-0.25, -0.2) is 5.10 Å². The van der Waals surface area contributed by atoms with E-state index in [-0.39, 0.29) is 29.9 Å². The molecule has 0 bridgehead atoms. The molecule has 2 N–H and O–H groups in total. The van der Waals surface area contributed by atoms with Crippen LogP contribution in [0.25, 0.3) is 11.5 Å². The summed E-state index contributed by atoms with van der Waals surface area (Å²) in [6, 6.07) is 0.0536. The number of halogens is 1. The number of aromatic amines is 1. The molecule has 24 heavy (non-hydrogen) atoms. The van der Waals surface area contributed by atoms with Gasteiger partial charge in [-0.1, -0.05) is 19.0 Å². The summed E-state index contributed by atoms with van der Waals surface area (Å²) in [4.78, 5) is 18.9. The van der Waals surface area contributed by atoms with Crippen LogP contribution in [-0.2, 0) is 12.8 Å². The number of nitrogens with zero attached hydrogens (tertiary/aromatic N) is 4. The molecule has 0 spiro atoms. The van der Waals surface area contributed by atoms with Crippen molar-refractivity contribution in [3.8, 4) is 11.5 Å². The number of hydrogen-bond acceptors (Lipinski definition) is 7. The number of aryl methyl sites for hydroxylation is 1. The molecule has 1 fully saturated rings. The van der Waals surface area contributed by atoms with Crippen LogP contribution in [-0.4, -0.2) is 51.9 Å². The molecule has 1 saturated heterocycles. The molecule has 9 heteroatoms. The van der Waals surface area contributed by atoms with Crippen LogP contribution in [0.5, 0.6) is 0 Å². The predicted octanol–water partition coefficient (Wildman–Crippen LogP) is 0.943.